The first kappa shape index (κ1) is 15.0. The van der Waals surface area contributed by atoms with E-state index < -0.39 is 11.7 Å². The van der Waals surface area contributed by atoms with Crippen molar-refractivity contribution in [3.8, 4) is 0 Å². The molecule has 3 rings (SSSR count). The first-order valence-corrected chi connectivity index (χ1v) is 7.50. The molecule has 0 saturated carbocycles. The SMILES string of the molecule is O=C(NCCNc1cccc2ccccc12)c1ccccc1F. The number of nitrogens with one attached hydrogen (secondary N) is 2. The van der Waals surface area contributed by atoms with E-state index >= 15 is 0 Å². The van der Waals surface area contributed by atoms with Crippen LogP contribution in [0.15, 0.2) is 66.7 Å². The molecule has 23 heavy (non-hydrogen) atoms. The first-order valence-electron chi connectivity index (χ1n) is 7.50. The molecule has 0 atom stereocenters. The second kappa shape index (κ2) is 6.92. The Labute approximate surface area is 134 Å². The van der Waals surface area contributed by atoms with Crippen LogP contribution in [-0.4, -0.2) is 19.0 Å². The standard InChI is InChI=1S/C19H17FN2O/c20-17-10-4-3-9-16(17)19(23)22-13-12-21-18-11-5-7-14-6-1-2-8-15(14)18/h1-11,21H,12-13H2,(H,22,23). The summed E-state index contributed by atoms with van der Waals surface area (Å²) < 4.78 is 13.5. The molecular formula is C19H17FN2O. The van der Waals surface area contributed by atoms with Crippen molar-refractivity contribution in [2.24, 2.45) is 0 Å². The monoisotopic (exact) mass is 308 g/mol. The predicted molar refractivity (Wildman–Crippen MR) is 91.2 cm³/mol. The van der Waals surface area contributed by atoms with E-state index in [2.05, 4.69) is 28.8 Å². The zero-order chi connectivity index (χ0) is 16.1. The average Bonchev–Trinajstić information content (AvgIpc) is 2.59. The summed E-state index contributed by atoms with van der Waals surface area (Å²) in [5.41, 5.74) is 1.08. The van der Waals surface area contributed by atoms with Gasteiger partial charge >= 0.3 is 0 Å². The summed E-state index contributed by atoms with van der Waals surface area (Å²) in [6.07, 6.45) is 0. The van der Waals surface area contributed by atoms with E-state index in [0.29, 0.717) is 13.1 Å². The molecule has 4 heteroatoms. The molecule has 2 N–H and O–H groups in total. The lowest BCUT2D eigenvalue weighted by Crippen LogP contribution is -2.29. The Morgan fingerprint density at radius 2 is 1.61 bits per heavy atom. The fourth-order valence-electron chi connectivity index (χ4n) is 2.49. The molecule has 0 spiro atoms. The second-order valence-corrected chi connectivity index (χ2v) is 5.19. The van der Waals surface area contributed by atoms with E-state index in [1.807, 2.05) is 24.3 Å². The van der Waals surface area contributed by atoms with Crippen molar-refractivity contribution < 1.29 is 9.18 Å². The van der Waals surface area contributed by atoms with Gasteiger partial charge in [-0.15, -0.1) is 0 Å². The number of anilines is 1. The molecule has 0 aromatic heterocycles. The van der Waals surface area contributed by atoms with Gasteiger partial charge in [0.1, 0.15) is 5.82 Å². The molecule has 0 radical (unpaired) electrons. The molecule has 0 saturated heterocycles. The molecule has 0 heterocycles. The van der Waals surface area contributed by atoms with Crippen LogP contribution in [0.5, 0.6) is 0 Å². The summed E-state index contributed by atoms with van der Waals surface area (Å²) in [5.74, 6) is -0.908. The highest BCUT2D eigenvalue weighted by molar-refractivity contribution is 5.95. The average molecular weight is 308 g/mol. The molecule has 0 aliphatic rings. The Hall–Kier alpha value is -2.88. The van der Waals surface area contributed by atoms with E-state index in [1.54, 1.807) is 12.1 Å². The van der Waals surface area contributed by atoms with Crippen LogP contribution in [0.25, 0.3) is 10.8 Å². The minimum absolute atomic E-state index is 0.0673. The number of carbonyl (C=O) groups excluding carboxylic acids is 1. The highest BCUT2D eigenvalue weighted by Crippen LogP contribution is 2.22. The quantitative estimate of drug-likeness (QED) is 0.704. The van der Waals surface area contributed by atoms with Gasteiger partial charge in [0.05, 0.1) is 5.56 Å². The highest BCUT2D eigenvalue weighted by Gasteiger charge is 2.09. The number of benzene rings is 3. The number of hydrogen-bond acceptors (Lipinski definition) is 2. The van der Waals surface area contributed by atoms with Gasteiger partial charge in [0, 0.05) is 24.2 Å². The molecule has 3 aromatic carbocycles. The normalized spacial score (nSPS) is 10.5. The van der Waals surface area contributed by atoms with Crippen molar-refractivity contribution in [1.82, 2.24) is 5.32 Å². The van der Waals surface area contributed by atoms with Crippen molar-refractivity contribution in [2.45, 2.75) is 0 Å². The minimum atomic E-state index is -0.507. The topological polar surface area (TPSA) is 41.1 Å². The van der Waals surface area contributed by atoms with Gasteiger partial charge in [0.2, 0.25) is 0 Å². The first-order chi connectivity index (χ1) is 11.3. The lowest BCUT2D eigenvalue weighted by Gasteiger charge is -2.11. The molecule has 3 aromatic rings. The Morgan fingerprint density at radius 1 is 0.870 bits per heavy atom. The van der Waals surface area contributed by atoms with Gasteiger partial charge < -0.3 is 10.6 Å². The Balaban J connectivity index is 1.57. The van der Waals surface area contributed by atoms with E-state index in [4.69, 9.17) is 0 Å². The lowest BCUT2D eigenvalue weighted by molar-refractivity contribution is 0.0951. The maximum atomic E-state index is 13.5. The number of fused-ring (bicyclic) bond motifs is 1. The van der Waals surface area contributed by atoms with Crippen molar-refractivity contribution in [3.05, 3.63) is 78.1 Å². The van der Waals surface area contributed by atoms with Crippen LogP contribution in [0.2, 0.25) is 0 Å². The fraction of sp³-hybridized carbons (Fsp3) is 0.105. The minimum Gasteiger partial charge on any atom is -0.383 e. The van der Waals surface area contributed by atoms with Crippen LogP contribution in [0.4, 0.5) is 10.1 Å². The zero-order valence-electron chi connectivity index (χ0n) is 12.6. The van der Waals surface area contributed by atoms with Gasteiger partial charge in [-0.25, -0.2) is 4.39 Å². The van der Waals surface area contributed by atoms with Gasteiger partial charge in [-0.05, 0) is 23.6 Å². The number of rotatable bonds is 5. The Kier molecular flexibility index (Phi) is 4.52. The van der Waals surface area contributed by atoms with Crippen molar-refractivity contribution >= 4 is 22.4 Å². The van der Waals surface area contributed by atoms with Crippen LogP contribution in [0, 0.1) is 5.82 Å². The summed E-state index contributed by atoms with van der Waals surface area (Å²) in [6.45, 7) is 0.977. The van der Waals surface area contributed by atoms with Gasteiger partial charge in [-0.3, -0.25) is 4.79 Å². The zero-order valence-corrected chi connectivity index (χ0v) is 12.6. The molecule has 0 aliphatic carbocycles. The van der Waals surface area contributed by atoms with Gasteiger partial charge in [-0.2, -0.15) is 0 Å². The molecule has 3 nitrogen and oxygen atoms in total. The smallest absolute Gasteiger partial charge is 0.254 e. The molecule has 0 fully saturated rings. The van der Waals surface area contributed by atoms with Crippen molar-refractivity contribution in [2.75, 3.05) is 18.4 Å². The molecule has 116 valence electrons. The van der Waals surface area contributed by atoms with Crippen molar-refractivity contribution in [1.29, 1.82) is 0 Å². The van der Waals surface area contributed by atoms with Crippen LogP contribution < -0.4 is 10.6 Å². The van der Waals surface area contributed by atoms with Crippen LogP contribution in [-0.2, 0) is 0 Å². The van der Waals surface area contributed by atoms with Crippen LogP contribution in [0.1, 0.15) is 10.4 Å². The largest absolute Gasteiger partial charge is 0.383 e. The predicted octanol–water partition coefficient (Wildman–Crippen LogP) is 3.82. The third-order valence-corrected chi connectivity index (χ3v) is 3.63. The molecule has 0 unspecified atom stereocenters. The molecule has 0 bridgehead atoms. The third kappa shape index (κ3) is 3.48. The maximum Gasteiger partial charge on any atom is 0.254 e. The summed E-state index contributed by atoms with van der Waals surface area (Å²) >= 11 is 0. The van der Waals surface area contributed by atoms with Crippen LogP contribution in [0.3, 0.4) is 0 Å². The van der Waals surface area contributed by atoms with Crippen molar-refractivity contribution in [3.63, 3.8) is 0 Å². The number of amides is 1. The Morgan fingerprint density at radius 3 is 2.48 bits per heavy atom. The summed E-state index contributed by atoms with van der Waals surface area (Å²) in [6, 6.07) is 20.1. The summed E-state index contributed by atoms with van der Waals surface area (Å²) in [5, 5.41) is 8.31. The second-order valence-electron chi connectivity index (χ2n) is 5.19. The number of halogens is 1. The van der Waals surface area contributed by atoms with E-state index in [1.165, 1.54) is 12.1 Å². The lowest BCUT2D eigenvalue weighted by atomic mass is 10.1. The van der Waals surface area contributed by atoms with Gasteiger partial charge in [0.15, 0.2) is 0 Å². The van der Waals surface area contributed by atoms with E-state index in [-0.39, 0.29) is 5.56 Å². The van der Waals surface area contributed by atoms with Crippen LogP contribution >= 0.6 is 0 Å². The van der Waals surface area contributed by atoms with Gasteiger partial charge in [-0.1, -0.05) is 48.5 Å². The molecule has 1 amide bonds. The summed E-state index contributed by atoms with van der Waals surface area (Å²) in [4.78, 5) is 11.9. The number of carbonyl (C=O) groups is 1. The van der Waals surface area contributed by atoms with E-state index in [9.17, 15) is 9.18 Å². The molecular weight excluding hydrogens is 291 g/mol. The van der Waals surface area contributed by atoms with Gasteiger partial charge in [0.25, 0.3) is 5.91 Å². The summed E-state index contributed by atoms with van der Waals surface area (Å²) in [7, 11) is 0. The highest BCUT2D eigenvalue weighted by atomic mass is 19.1. The van der Waals surface area contributed by atoms with E-state index in [0.717, 1.165) is 16.5 Å². The number of hydrogen-bond donors (Lipinski definition) is 2. The fourth-order valence-corrected chi connectivity index (χ4v) is 2.49. The maximum absolute atomic E-state index is 13.5. The molecule has 0 aliphatic heterocycles. The third-order valence-electron chi connectivity index (χ3n) is 3.63. The Bertz CT molecular complexity index is 827.